The van der Waals surface area contributed by atoms with Gasteiger partial charge < -0.3 is 5.32 Å². The summed E-state index contributed by atoms with van der Waals surface area (Å²) in [5, 5.41) is 3.22. The Kier molecular flexibility index (Phi) is 6.79. The zero-order valence-electron chi connectivity index (χ0n) is 20.2. The molecular weight excluding hydrogens is 414 g/mol. The number of amides is 2. The van der Waals surface area contributed by atoms with E-state index in [0.29, 0.717) is 19.4 Å². The number of likely N-dealkylation sites (tertiary alicyclic amines) is 1. The van der Waals surface area contributed by atoms with Crippen molar-refractivity contribution in [2.24, 2.45) is 0 Å². The van der Waals surface area contributed by atoms with Gasteiger partial charge in [-0.3, -0.25) is 19.4 Å². The molecule has 1 fully saturated rings. The zero-order chi connectivity index (χ0) is 23.6. The summed E-state index contributed by atoms with van der Waals surface area (Å²) in [4.78, 5) is 38.8. The van der Waals surface area contributed by atoms with Crippen LogP contribution in [0.4, 0.5) is 5.82 Å². The summed E-state index contributed by atoms with van der Waals surface area (Å²) in [5.41, 5.74) is 2.86. The highest BCUT2D eigenvalue weighted by Gasteiger charge is 2.32. The smallest absolute Gasteiger partial charge is 0.234 e. The van der Waals surface area contributed by atoms with Crippen molar-refractivity contribution in [2.45, 2.75) is 70.9 Å². The van der Waals surface area contributed by atoms with Crippen LogP contribution in [0.15, 0.2) is 30.3 Å². The lowest BCUT2D eigenvalue weighted by molar-refractivity contribution is -0.124. The molecule has 1 atom stereocenters. The van der Waals surface area contributed by atoms with E-state index in [2.05, 4.69) is 36.2 Å². The summed E-state index contributed by atoms with van der Waals surface area (Å²) < 4.78 is 0. The van der Waals surface area contributed by atoms with Crippen molar-refractivity contribution in [2.75, 3.05) is 25.0 Å². The van der Waals surface area contributed by atoms with Gasteiger partial charge in [0.1, 0.15) is 11.6 Å². The van der Waals surface area contributed by atoms with Gasteiger partial charge in [0.25, 0.3) is 0 Å². The number of aromatic nitrogens is 2. The van der Waals surface area contributed by atoms with E-state index in [-0.39, 0.29) is 23.4 Å². The number of benzene rings is 1. The summed E-state index contributed by atoms with van der Waals surface area (Å²) in [7, 11) is 1.79. The van der Waals surface area contributed by atoms with Crippen molar-refractivity contribution in [3.63, 3.8) is 0 Å². The molecule has 0 radical (unpaired) electrons. The van der Waals surface area contributed by atoms with E-state index in [9.17, 15) is 9.59 Å². The van der Waals surface area contributed by atoms with Crippen molar-refractivity contribution >= 4 is 17.6 Å². The van der Waals surface area contributed by atoms with Crippen LogP contribution < -0.4 is 10.2 Å². The molecule has 7 nitrogen and oxygen atoms in total. The lowest BCUT2D eigenvalue weighted by Crippen LogP contribution is -2.50. The highest BCUT2D eigenvalue weighted by Crippen LogP contribution is 2.33. The van der Waals surface area contributed by atoms with Crippen molar-refractivity contribution in [1.29, 1.82) is 0 Å². The second-order valence-corrected chi connectivity index (χ2v) is 10.00. The lowest BCUT2D eigenvalue weighted by Gasteiger charge is -2.36. The molecule has 1 aromatic heterocycles. The van der Waals surface area contributed by atoms with E-state index < -0.39 is 0 Å². The predicted octanol–water partition coefficient (Wildman–Crippen LogP) is 3.36. The molecule has 33 heavy (non-hydrogen) atoms. The van der Waals surface area contributed by atoms with Gasteiger partial charge in [-0.2, -0.15) is 0 Å². The SMILES string of the molecule is Cc1nc([C@@H]2CCCCN2CC(=O)NC(C)(C)Cc2ccccc2)nc2c1CCC(=O)N2C. The third-order valence-corrected chi connectivity index (χ3v) is 6.72. The molecule has 0 bridgehead atoms. The van der Waals surface area contributed by atoms with Crippen molar-refractivity contribution in [3.05, 3.63) is 53.0 Å². The molecule has 0 saturated carbocycles. The molecule has 2 aliphatic rings. The topological polar surface area (TPSA) is 78.4 Å². The summed E-state index contributed by atoms with van der Waals surface area (Å²) >= 11 is 0. The van der Waals surface area contributed by atoms with Gasteiger partial charge in [0, 0.05) is 30.3 Å². The number of rotatable bonds is 6. The Labute approximate surface area is 196 Å². The first-order valence-electron chi connectivity index (χ1n) is 12.0. The van der Waals surface area contributed by atoms with Gasteiger partial charge in [-0.1, -0.05) is 36.8 Å². The van der Waals surface area contributed by atoms with Crippen molar-refractivity contribution in [1.82, 2.24) is 20.2 Å². The van der Waals surface area contributed by atoms with E-state index in [0.717, 1.165) is 55.1 Å². The summed E-state index contributed by atoms with van der Waals surface area (Å²) in [6.07, 6.45) is 5.02. The normalized spacial score (nSPS) is 19.3. The maximum atomic E-state index is 13.0. The second kappa shape index (κ2) is 9.59. The van der Waals surface area contributed by atoms with Gasteiger partial charge >= 0.3 is 0 Å². The highest BCUT2D eigenvalue weighted by atomic mass is 16.2. The monoisotopic (exact) mass is 449 g/mol. The second-order valence-electron chi connectivity index (χ2n) is 10.00. The third kappa shape index (κ3) is 5.41. The van der Waals surface area contributed by atoms with Crippen molar-refractivity contribution in [3.8, 4) is 0 Å². The number of hydrogen-bond acceptors (Lipinski definition) is 5. The number of nitrogens with one attached hydrogen (secondary N) is 1. The number of hydrogen-bond donors (Lipinski definition) is 1. The molecule has 176 valence electrons. The number of piperidine rings is 1. The molecule has 4 rings (SSSR count). The van der Waals surface area contributed by atoms with Crippen LogP contribution in [0.3, 0.4) is 0 Å². The summed E-state index contributed by atoms with van der Waals surface area (Å²) in [5.74, 6) is 1.56. The van der Waals surface area contributed by atoms with Crippen LogP contribution in [-0.2, 0) is 22.4 Å². The molecular formula is C26H35N5O2. The molecule has 3 heterocycles. The van der Waals surface area contributed by atoms with Gasteiger partial charge in [-0.25, -0.2) is 9.97 Å². The third-order valence-electron chi connectivity index (χ3n) is 6.72. The average molecular weight is 450 g/mol. The summed E-state index contributed by atoms with van der Waals surface area (Å²) in [6, 6.07) is 10.2. The van der Waals surface area contributed by atoms with Gasteiger partial charge in [-0.05, 0) is 58.6 Å². The minimum atomic E-state index is -0.342. The van der Waals surface area contributed by atoms with E-state index in [1.807, 2.05) is 25.1 Å². The Hall–Kier alpha value is -2.80. The minimum Gasteiger partial charge on any atom is -0.350 e. The minimum absolute atomic E-state index is 0.0174. The van der Waals surface area contributed by atoms with Crippen LogP contribution in [0.5, 0.6) is 0 Å². The molecule has 2 amide bonds. The molecule has 1 N–H and O–H groups in total. The van der Waals surface area contributed by atoms with Crippen LogP contribution >= 0.6 is 0 Å². The van der Waals surface area contributed by atoms with Crippen LogP contribution in [0.25, 0.3) is 0 Å². The van der Waals surface area contributed by atoms with Crippen LogP contribution in [0.2, 0.25) is 0 Å². The molecule has 2 aliphatic heterocycles. The Morgan fingerprint density at radius 3 is 2.67 bits per heavy atom. The van der Waals surface area contributed by atoms with E-state index in [1.165, 1.54) is 5.56 Å². The Balaban J connectivity index is 1.48. The Bertz CT molecular complexity index is 1020. The largest absolute Gasteiger partial charge is 0.350 e. The molecule has 0 unspecified atom stereocenters. The fourth-order valence-corrected chi connectivity index (χ4v) is 5.06. The first-order chi connectivity index (χ1) is 15.7. The van der Waals surface area contributed by atoms with Gasteiger partial charge in [0.2, 0.25) is 11.8 Å². The maximum absolute atomic E-state index is 13.0. The molecule has 0 spiro atoms. The van der Waals surface area contributed by atoms with Crippen LogP contribution in [0.1, 0.15) is 68.2 Å². The molecule has 1 aromatic carbocycles. The molecule has 1 saturated heterocycles. The molecule has 2 aromatic rings. The number of carbonyl (C=O) groups is 2. The standard InChI is InChI=1S/C26H35N5O2/c1-18-20-13-14-23(33)30(4)25(20)28-24(27-18)21-12-8-9-15-31(21)17-22(32)29-26(2,3)16-19-10-6-5-7-11-19/h5-7,10-11,21H,8-9,12-17H2,1-4H3,(H,29,32)/t21-/m0/s1. The van der Waals surface area contributed by atoms with Crippen LogP contribution in [-0.4, -0.2) is 52.4 Å². The fourth-order valence-electron chi connectivity index (χ4n) is 5.06. The maximum Gasteiger partial charge on any atom is 0.234 e. The zero-order valence-corrected chi connectivity index (χ0v) is 20.2. The molecule has 0 aliphatic carbocycles. The predicted molar refractivity (Wildman–Crippen MR) is 129 cm³/mol. The Morgan fingerprint density at radius 2 is 1.91 bits per heavy atom. The molecule has 7 heteroatoms. The van der Waals surface area contributed by atoms with E-state index in [1.54, 1.807) is 11.9 Å². The van der Waals surface area contributed by atoms with Gasteiger partial charge in [0.05, 0.1) is 12.6 Å². The van der Waals surface area contributed by atoms with Crippen molar-refractivity contribution < 1.29 is 9.59 Å². The first-order valence-corrected chi connectivity index (χ1v) is 12.0. The number of nitrogens with zero attached hydrogens (tertiary/aromatic N) is 4. The lowest BCUT2D eigenvalue weighted by atomic mass is 9.94. The number of carbonyl (C=O) groups excluding carboxylic acids is 2. The quantitative estimate of drug-likeness (QED) is 0.732. The van der Waals surface area contributed by atoms with Gasteiger partial charge in [0.15, 0.2) is 0 Å². The Morgan fingerprint density at radius 1 is 1.15 bits per heavy atom. The fraction of sp³-hybridized carbons (Fsp3) is 0.538. The van der Waals surface area contributed by atoms with Crippen LogP contribution in [0, 0.1) is 6.92 Å². The van der Waals surface area contributed by atoms with E-state index >= 15 is 0 Å². The number of anilines is 1. The first kappa shape index (κ1) is 23.4. The number of aryl methyl sites for hydroxylation is 1. The number of fused-ring (bicyclic) bond motifs is 1. The highest BCUT2D eigenvalue weighted by molar-refractivity contribution is 5.94. The van der Waals surface area contributed by atoms with Gasteiger partial charge in [-0.15, -0.1) is 0 Å². The average Bonchev–Trinajstić information content (AvgIpc) is 2.76. The summed E-state index contributed by atoms with van der Waals surface area (Å²) in [6.45, 7) is 7.28. The van der Waals surface area contributed by atoms with E-state index in [4.69, 9.17) is 9.97 Å².